The first kappa shape index (κ1) is 17.8. The fourth-order valence-electron chi connectivity index (χ4n) is 2.25. The molecule has 120 valence electrons. The van der Waals surface area contributed by atoms with E-state index < -0.39 is 0 Å². The minimum absolute atomic E-state index is 0.513. The lowest BCUT2D eigenvalue weighted by Gasteiger charge is -2.17. The summed E-state index contributed by atoms with van der Waals surface area (Å²) in [6.45, 7) is 14.2. The highest BCUT2D eigenvalue weighted by molar-refractivity contribution is 5.44. The number of nitrogens with one attached hydrogen (secondary N) is 1. The minimum atomic E-state index is 0.513. The summed E-state index contributed by atoms with van der Waals surface area (Å²) in [7, 11) is 0. The van der Waals surface area contributed by atoms with Gasteiger partial charge in [0.1, 0.15) is 0 Å². The topological polar surface area (TPSA) is 30.5 Å². The van der Waals surface area contributed by atoms with Gasteiger partial charge in [0.2, 0.25) is 0 Å². The fraction of sp³-hybridized carbons (Fsp3) is 0.667. The number of benzene rings is 1. The Labute approximate surface area is 130 Å². The summed E-state index contributed by atoms with van der Waals surface area (Å²) < 4.78 is 11.3. The summed E-state index contributed by atoms with van der Waals surface area (Å²) in [5, 5.41) is 3.50. The lowest BCUT2D eigenvalue weighted by Crippen LogP contribution is -2.21. The molecule has 1 unspecified atom stereocenters. The summed E-state index contributed by atoms with van der Waals surface area (Å²) in [5.74, 6) is 2.92. The van der Waals surface area contributed by atoms with Crippen LogP contribution in [0.4, 0.5) is 0 Å². The predicted molar refractivity (Wildman–Crippen MR) is 89.5 cm³/mol. The molecule has 1 rings (SSSR count). The van der Waals surface area contributed by atoms with Gasteiger partial charge in [0.25, 0.3) is 0 Å². The molecule has 3 heteroatoms. The molecule has 0 aliphatic rings. The van der Waals surface area contributed by atoms with Crippen LogP contribution < -0.4 is 14.8 Å². The minimum Gasteiger partial charge on any atom is -0.490 e. The van der Waals surface area contributed by atoms with E-state index in [9.17, 15) is 0 Å². The van der Waals surface area contributed by atoms with Crippen molar-refractivity contribution < 1.29 is 9.47 Å². The van der Waals surface area contributed by atoms with E-state index in [1.165, 1.54) is 5.56 Å². The van der Waals surface area contributed by atoms with Crippen LogP contribution in [0.15, 0.2) is 18.2 Å². The highest BCUT2D eigenvalue weighted by atomic mass is 16.5. The Morgan fingerprint density at radius 2 is 1.67 bits per heavy atom. The van der Waals surface area contributed by atoms with Crippen LogP contribution in [-0.4, -0.2) is 26.3 Å². The summed E-state index contributed by atoms with van der Waals surface area (Å²) in [6.07, 6.45) is 1.13. The maximum atomic E-state index is 5.70. The smallest absolute Gasteiger partial charge is 0.161 e. The van der Waals surface area contributed by atoms with Crippen LogP contribution in [0.5, 0.6) is 11.5 Å². The van der Waals surface area contributed by atoms with Crippen molar-refractivity contribution in [2.24, 2.45) is 5.92 Å². The molecule has 0 spiro atoms. The van der Waals surface area contributed by atoms with Crippen LogP contribution >= 0.6 is 0 Å². The second kappa shape index (κ2) is 9.67. The molecule has 1 aromatic carbocycles. The maximum absolute atomic E-state index is 5.70. The SMILES string of the molecule is CCOc1ccc(C(C)CCNCC(C)C)cc1OCC. The van der Waals surface area contributed by atoms with E-state index in [1.807, 2.05) is 19.9 Å². The molecule has 0 fully saturated rings. The highest BCUT2D eigenvalue weighted by Crippen LogP contribution is 2.32. The first-order valence-electron chi connectivity index (χ1n) is 8.18. The molecule has 0 amide bonds. The van der Waals surface area contributed by atoms with E-state index in [4.69, 9.17) is 9.47 Å². The van der Waals surface area contributed by atoms with Crippen LogP contribution in [-0.2, 0) is 0 Å². The molecule has 0 bridgehead atoms. The number of hydrogen-bond donors (Lipinski definition) is 1. The Hall–Kier alpha value is -1.22. The third-order valence-electron chi connectivity index (χ3n) is 3.44. The van der Waals surface area contributed by atoms with Gasteiger partial charge in [-0.05, 0) is 62.9 Å². The number of rotatable bonds is 10. The summed E-state index contributed by atoms with van der Waals surface area (Å²) in [4.78, 5) is 0. The maximum Gasteiger partial charge on any atom is 0.161 e. The van der Waals surface area contributed by atoms with Crippen molar-refractivity contribution in [3.05, 3.63) is 23.8 Å². The predicted octanol–water partition coefficient (Wildman–Crippen LogP) is 4.22. The average Bonchev–Trinajstić information content (AvgIpc) is 2.45. The van der Waals surface area contributed by atoms with E-state index >= 15 is 0 Å². The monoisotopic (exact) mass is 293 g/mol. The van der Waals surface area contributed by atoms with Gasteiger partial charge in [-0.25, -0.2) is 0 Å². The second-order valence-corrected chi connectivity index (χ2v) is 5.86. The van der Waals surface area contributed by atoms with Crippen molar-refractivity contribution in [1.82, 2.24) is 5.32 Å². The van der Waals surface area contributed by atoms with Crippen LogP contribution in [0, 0.1) is 5.92 Å². The molecule has 0 aliphatic carbocycles. The van der Waals surface area contributed by atoms with E-state index in [1.54, 1.807) is 0 Å². The fourth-order valence-corrected chi connectivity index (χ4v) is 2.25. The van der Waals surface area contributed by atoms with Crippen LogP contribution in [0.2, 0.25) is 0 Å². The first-order chi connectivity index (χ1) is 10.1. The van der Waals surface area contributed by atoms with Crippen molar-refractivity contribution in [2.45, 2.75) is 47.0 Å². The molecule has 1 atom stereocenters. The Kier molecular flexibility index (Phi) is 8.21. The highest BCUT2D eigenvalue weighted by Gasteiger charge is 2.11. The normalized spacial score (nSPS) is 12.5. The molecular weight excluding hydrogens is 262 g/mol. The van der Waals surface area contributed by atoms with E-state index in [2.05, 4.69) is 38.2 Å². The van der Waals surface area contributed by atoms with Gasteiger partial charge in [-0.15, -0.1) is 0 Å². The zero-order chi connectivity index (χ0) is 15.7. The summed E-state index contributed by atoms with van der Waals surface area (Å²) >= 11 is 0. The van der Waals surface area contributed by atoms with Gasteiger partial charge < -0.3 is 14.8 Å². The van der Waals surface area contributed by atoms with Gasteiger partial charge in [0, 0.05) is 0 Å². The third kappa shape index (κ3) is 6.38. The van der Waals surface area contributed by atoms with E-state index in [-0.39, 0.29) is 0 Å². The molecule has 1 N–H and O–H groups in total. The number of hydrogen-bond acceptors (Lipinski definition) is 3. The zero-order valence-corrected chi connectivity index (χ0v) is 14.2. The largest absolute Gasteiger partial charge is 0.490 e. The molecule has 3 nitrogen and oxygen atoms in total. The standard InChI is InChI=1S/C18H31NO2/c1-6-20-17-9-8-16(12-18(17)21-7-2)15(5)10-11-19-13-14(3)4/h8-9,12,14-15,19H,6-7,10-11,13H2,1-5H3. The van der Waals surface area contributed by atoms with Gasteiger partial charge in [-0.2, -0.15) is 0 Å². The Morgan fingerprint density at radius 3 is 2.29 bits per heavy atom. The van der Waals surface area contributed by atoms with E-state index in [0.717, 1.165) is 31.0 Å². The lowest BCUT2D eigenvalue weighted by molar-refractivity contribution is 0.287. The molecule has 21 heavy (non-hydrogen) atoms. The molecule has 0 aromatic heterocycles. The first-order valence-corrected chi connectivity index (χ1v) is 8.18. The van der Waals surface area contributed by atoms with Crippen LogP contribution in [0.25, 0.3) is 0 Å². The van der Waals surface area contributed by atoms with Gasteiger partial charge in [0.05, 0.1) is 13.2 Å². The molecular formula is C18H31NO2. The van der Waals surface area contributed by atoms with Crippen LogP contribution in [0.1, 0.15) is 52.5 Å². The quantitative estimate of drug-likeness (QED) is 0.655. The Morgan fingerprint density at radius 1 is 1.00 bits per heavy atom. The Bertz CT molecular complexity index is 404. The molecule has 0 radical (unpaired) electrons. The summed E-state index contributed by atoms with van der Waals surface area (Å²) in [5.41, 5.74) is 1.31. The molecule has 0 saturated heterocycles. The van der Waals surface area contributed by atoms with Crippen molar-refractivity contribution in [2.75, 3.05) is 26.3 Å². The van der Waals surface area contributed by atoms with Crippen molar-refractivity contribution >= 4 is 0 Å². The lowest BCUT2D eigenvalue weighted by atomic mass is 9.97. The molecule has 1 aromatic rings. The summed E-state index contributed by atoms with van der Waals surface area (Å²) in [6, 6.07) is 6.31. The van der Waals surface area contributed by atoms with Crippen molar-refractivity contribution in [3.63, 3.8) is 0 Å². The number of ether oxygens (including phenoxy) is 2. The van der Waals surface area contributed by atoms with Gasteiger partial charge in [-0.1, -0.05) is 26.8 Å². The average molecular weight is 293 g/mol. The molecule has 0 aliphatic heterocycles. The third-order valence-corrected chi connectivity index (χ3v) is 3.44. The van der Waals surface area contributed by atoms with Crippen molar-refractivity contribution in [3.8, 4) is 11.5 Å². The van der Waals surface area contributed by atoms with E-state index in [0.29, 0.717) is 25.0 Å². The molecule has 0 heterocycles. The van der Waals surface area contributed by atoms with Gasteiger partial charge in [-0.3, -0.25) is 0 Å². The second-order valence-electron chi connectivity index (χ2n) is 5.86. The van der Waals surface area contributed by atoms with Crippen LogP contribution in [0.3, 0.4) is 0 Å². The van der Waals surface area contributed by atoms with Gasteiger partial charge in [0.15, 0.2) is 11.5 Å². The Balaban J connectivity index is 2.62. The van der Waals surface area contributed by atoms with Crippen molar-refractivity contribution in [1.29, 1.82) is 0 Å². The zero-order valence-electron chi connectivity index (χ0n) is 14.2. The molecule has 0 saturated carbocycles. The van der Waals surface area contributed by atoms with Gasteiger partial charge >= 0.3 is 0 Å².